The van der Waals surface area contributed by atoms with Gasteiger partial charge < -0.3 is 4.90 Å². The Labute approximate surface area is 144 Å². The fourth-order valence-corrected chi connectivity index (χ4v) is 3.75. The molecule has 1 fully saturated rings. The molecular weight excluding hydrogens is 320 g/mol. The summed E-state index contributed by atoms with van der Waals surface area (Å²) in [4.78, 5) is 18.8. The standard InChI is InChI=1S/C18H18N4OS/c23-18(15-11-16-17(19-12-15)21-24-20-16)22-8-6-14(7-9-22)10-13-4-2-1-3-5-13/h1-5,11-12,14H,6-10H2. The van der Waals surface area contributed by atoms with Gasteiger partial charge in [-0.25, -0.2) is 4.98 Å². The van der Waals surface area contributed by atoms with E-state index in [-0.39, 0.29) is 5.91 Å². The van der Waals surface area contributed by atoms with Gasteiger partial charge in [0.05, 0.1) is 17.3 Å². The number of aromatic nitrogens is 3. The van der Waals surface area contributed by atoms with Gasteiger partial charge in [0.1, 0.15) is 5.52 Å². The summed E-state index contributed by atoms with van der Waals surface area (Å²) in [7, 11) is 0. The maximum absolute atomic E-state index is 12.7. The molecule has 0 unspecified atom stereocenters. The summed E-state index contributed by atoms with van der Waals surface area (Å²) in [5.74, 6) is 0.704. The van der Waals surface area contributed by atoms with Gasteiger partial charge in [-0.3, -0.25) is 4.79 Å². The van der Waals surface area contributed by atoms with Crippen LogP contribution in [0.15, 0.2) is 42.6 Å². The summed E-state index contributed by atoms with van der Waals surface area (Å²) in [6.07, 6.45) is 4.81. The van der Waals surface area contributed by atoms with Gasteiger partial charge in [-0.15, -0.1) is 0 Å². The summed E-state index contributed by atoms with van der Waals surface area (Å²) in [6.45, 7) is 1.62. The highest BCUT2D eigenvalue weighted by molar-refractivity contribution is 7.00. The van der Waals surface area contributed by atoms with Gasteiger partial charge in [0, 0.05) is 19.3 Å². The molecule has 0 atom stereocenters. The largest absolute Gasteiger partial charge is 0.339 e. The molecular formula is C18H18N4OS. The summed E-state index contributed by atoms with van der Waals surface area (Å²) in [6, 6.07) is 12.4. The van der Waals surface area contributed by atoms with Crippen LogP contribution < -0.4 is 0 Å². The van der Waals surface area contributed by atoms with Crippen molar-refractivity contribution in [1.82, 2.24) is 18.6 Å². The number of hydrogen-bond donors (Lipinski definition) is 0. The van der Waals surface area contributed by atoms with Crippen molar-refractivity contribution in [3.63, 3.8) is 0 Å². The zero-order valence-electron chi connectivity index (χ0n) is 13.3. The summed E-state index contributed by atoms with van der Waals surface area (Å²) >= 11 is 1.12. The van der Waals surface area contributed by atoms with Gasteiger partial charge in [-0.05, 0) is 36.8 Å². The maximum Gasteiger partial charge on any atom is 0.255 e. The highest BCUT2D eigenvalue weighted by atomic mass is 32.1. The van der Waals surface area contributed by atoms with Crippen molar-refractivity contribution >= 4 is 28.8 Å². The fourth-order valence-electron chi connectivity index (χ4n) is 3.27. The molecule has 1 amide bonds. The van der Waals surface area contributed by atoms with E-state index < -0.39 is 0 Å². The minimum Gasteiger partial charge on any atom is -0.339 e. The smallest absolute Gasteiger partial charge is 0.255 e. The Bertz CT molecular complexity index is 840. The third kappa shape index (κ3) is 3.14. The Hall–Kier alpha value is -2.34. The average Bonchev–Trinajstić information content (AvgIpc) is 3.10. The SMILES string of the molecule is O=C(c1cnc2nsnc2c1)N1CCC(Cc2ccccc2)CC1. The van der Waals surface area contributed by atoms with Crippen molar-refractivity contribution in [2.24, 2.45) is 5.92 Å². The molecule has 4 rings (SSSR count). The van der Waals surface area contributed by atoms with E-state index >= 15 is 0 Å². The fraction of sp³-hybridized carbons (Fsp3) is 0.333. The number of fused-ring (bicyclic) bond motifs is 1. The average molecular weight is 338 g/mol. The second-order valence-electron chi connectivity index (χ2n) is 6.26. The predicted octanol–water partition coefficient (Wildman–Crippen LogP) is 3.18. The normalized spacial score (nSPS) is 15.8. The zero-order valence-corrected chi connectivity index (χ0v) is 14.1. The molecule has 122 valence electrons. The van der Waals surface area contributed by atoms with Crippen molar-refractivity contribution < 1.29 is 4.79 Å². The predicted molar refractivity (Wildman–Crippen MR) is 94.0 cm³/mol. The molecule has 0 radical (unpaired) electrons. The van der Waals surface area contributed by atoms with Crippen LogP contribution in [-0.2, 0) is 6.42 Å². The zero-order chi connectivity index (χ0) is 16.4. The Morgan fingerprint density at radius 1 is 1.17 bits per heavy atom. The second-order valence-corrected chi connectivity index (χ2v) is 6.78. The molecule has 5 nitrogen and oxygen atoms in total. The van der Waals surface area contributed by atoms with E-state index in [1.807, 2.05) is 11.0 Å². The van der Waals surface area contributed by atoms with Crippen LogP contribution in [0.2, 0.25) is 0 Å². The number of pyridine rings is 1. The van der Waals surface area contributed by atoms with Crippen LogP contribution in [0.5, 0.6) is 0 Å². The number of rotatable bonds is 3. The van der Waals surface area contributed by atoms with Gasteiger partial charge in [-0.2, -0.15) is 8.75 Å². The molecule has 1 aliphatic rings. The topological polar surface area (TPSA) is 59.0 Å². The number of hydrogen-bond acceptors (Lipinski definition) is 5. The monoisotopic (exact) mass is 338 g/mol. The Morgan fingerprint density at radius 2 is 1.96 bits per heavy atom. The van der Waals surface area contributed by atoms with Crippen molar-refractivity contribution in [3.05, 3.63) is 53.7 Å². The lowest BCUT2D eigenvalue weighted by atomic mass is 9.90. The van der Waals surface area contributed by atoms with Crippen LogP contribution >= 0.6 is 11.7 Å². The third-order valence-corrected chi connectivity index (χ3v) is 5.16. The minimum atomic E-state index is 0.0514. The molecule has 6 heteroatoms. The van der Waals surface area contributed by atoms with Gasteiger partial charge in [-0.1, -0.05) is 30.3 Å². The molecule has 3 heterocycles. The molecule has 0 spiro atoms. The van der Waals surface area contributed by atoms with Crippen LogP contribution in [0.1, 0.15) is 28.8 Å². The minimum absolute atomic E-state index is 0.0514. The molecule has 0 saturated carbocycles. The Morgan fingerprint density at radius 3 is 2.75 bits per heavy atom. The molecule has 1 aliphatic heterocycles. The van der Waals surface area contributed by atoms with E-state index in [2.05, 4.69) is 38.0 Å². The third-order valence-electron chi connectivity index (χ3n) is 4.63. The lowest BCUT2D eigenvalue weighted by Gasteiger charge is -2.32. The Kier molecular flexibility index (Phi) is 4.21. The highest BCUT2D eigenvalue weighted by Crippen LogP contribution is 2.23. The molecule has 2 aromatic heterocycles. The maximum atomic E-state index is 12.7. The summed E-state index contributed by atoms with van der Waals surface area (Å²) < 4.78 is 8.24. The lowest BCUT2D eigenvalue weighted by molar-refractivity contribution is 0.0690. The molecule has 1 saturated heterocycles. The van der Waals surface area contributed by atoms with Crippen LogP contribution in [0.3, 0.4) is 0 Å². The molecule has 0 N–H and O–H groups in total. The van der Waals surface area contributed by atoms with E-state index in [9.17, 15) is 4.79 Å². The number of carbonyl (C=O) groups excluding carboxylic acids is 1. The van der Waals surface area contributed by atoms with Crippen molar-refractivity contribution in [2.45, 2.75) is 19.3 Å². The number of carbonyl (C=O) groups is 1. The van der Waals surface area contributed by atoms with E-state index in [1.54, 1.807) is 12.3 Å². The number of piperidine rings is 1. The van der Waals surface area contributed by atoms with E-state index in [1.165, 1.54) is 5.56 Å². The van der Waals surface area contributed by atoms with Crippen LogP contribution in [0.25, 0.3) is 11.2 Å². The molecule has 24 heavy (non-hydrogen) atoms. The van der Waals surface area contributed by atoms with Gasteiger partial charge in [0.2, 0.25) is 0 Å². The number of likely N-dealkylation sites (tertiary alicyclic amines) is 1. The van der Waals surface area contributed by atoms with Crippen LogP contribution in [-0.4, -0.2) is 37.6 Å². The summed E-state index contributed by atoms with van der Waals surface area (Å²) in [5.41, 5.74) is 3.30. The number of amides is 1. The first-order chi connectivity index (χ1) is 11.8. The highest BCUT2D eigenvalue weighted by Gasteiger charge is 2.24. The van der Waals surface area contributed by atoms with Gasteiger partial charge in [0.25, 0.3) is 5.91 Å². The van der Waals surface area contributed by atoms with Crippen LogP contribution in [0, 0.1) is 5.92 Å². The molecule has 1 aromatic carbocycles. The molecule has 0 bridgehead atoms. The van der Waals surface area contributed by atoms with E-state index in [0.29, 0.717) is 22.6 Å². The van der Waals surface area contributed by atoms with Crippen molar-refractivity contribution in [3.8, 4) is 0 Å². The quantitative estimate of drug-likeness (QED) is 0.736. The number of benzene rings is 1. The first-order valence-electron chi connectivity index (χ1n) is 8.21. The van der Waals surface area contributed by atoms with Crippen molar-refractivity contribution in [2.75, 3.05) is 13.1 Å². The first kappa shape index (κ1) is 15.2. The molecule has 3 aromatic rings. The van der Waals surface area contributed by atoms with Crippen molar-refractivity contribution in [1.29, 1.82) is 0 Å². The van der Waals surface area contributed by atoms with Crippen LogP contribution in [0.4, 0.5) is 0 Å². The number of nitrogens with zero attached hydrogens (tertiary/aromatic N) is 4. The van der Waals surface area contributed by atoms with Gasteiger partial charge in [0.15, 0.2) is 5.65 Å². The van der Waals surface area contributed by atoms with E-state index in [0.717, 1.165) is 44.1 Å². The first-order valence-corrected chi connectivity index (χ1v) is 8.94. The van der Waals surface area contributed by atoms with Gasteiger partial charge >= 0.3 is 0 Å². The summed E-state index contributed by atoms with van der Waals surface area (Å²) in [5, 5.41) is 0. The molecule has 0 aliphatic carbocycles. The van der Waals surface area contributed by atoms with E-state index in [4.69, 9.17) is 0 Å². The second kappa shape index (κ2) is 6.65. The Balaban J connectivity index is 1.39. The lowest BCUT2D eigenvalue weighted by Crippen LogP contribution is -2.39.